The van der Waals surface area contributed by atoms with Crippen LogP contribution in [0.25, 0.3) is 0 Å². The number of amides is 1. The molecule has 2 rings (SSSR count). The van der Waals surface area contributed by atoms with Gasteiger partial charge in [0.1, 0.15) is 6.54 Å². The molecule has 0 radical (unpaired) electrons. The Morgan fingerprint density at radius 1 is 1.50 bits per heavy atom. The van der Waals surface area contributed by atoms with Crippen molar-refractivity contribution in [3.05, 3.63) is 23.7 Å². The third-order valence-corrected chi connectivity index (χ3v) is 5.02. The standard InChI is InChI=1S/C12H15NO6S/c1-8-2-4-19-11(8)12(16)13(6-10(14)15)9-3-5-20(17,18)7-9/h2,4,9H,3,5-7H2,1H3,(H,14,15). The number of carbonyl (C=O) groups excluding carboxylic acids is 1. The first kappa shape index (κ1) is 14.6. The summed E-state index contributed by atoms with van der Waals surface area (Å²) in [5.41, 5.74) is 0.589. The number of nitrogens with zero attached hydrogens (tertiary/aromatic N) is 1. The van der Waals surface area contributed by atoms with E-state index in [4.69, 9.17) is 9.52 Å². The maximum atomic E-state index is 12.3. The molecule has 0 aliphatic carbocycles. The van der Waals surface area contributed by atoms with Crippen molar-refractivity contribution < 1.29 is 27.5 Å². The molecule has 20 heavy (non-hydrogen) atoms. The molecule has 0 saturated carbocycles. The highest BCUT2D eigenvalue weighted by atomic mass is 32.2. The minimum absolute atomic E-state index is 0.0296. The second-order valence-corrected chi connectivity index (χ2v) is 7.05. The first-order valence-corrected chi connectivity index (χ1v) is 7.89. The van der Waals surface area contributed by atoms with Crippen molar-refractivity contribution in [1.82, 2.24) is 4.90 Å². The van der Waals surface area contributed by atoms with Crippen molar-refractivity contribution in [2.75, 3.05) is 18.1 Å². The third kappa shape index (κ3) is 3.01. The predicted octanol–water partition coefficient (Wildman–Crippen LogP) is 0.302. The molecule has 1 saturated heterocycles. The number of carboxylic acid groups (broad SMARTS) is 1. The Bertz CT molecular complexity index is 632. The second kappa shape index (κ2) is 5.28. The molecule has 110 valence electrons. The lowest BCUT2D eigenvalue weighted by atomic mass is 10.2. The van der Waals surface area contributed by atoms with Crippen LogP contribution in [0.15, 0.2) is 16.7 Å². The molecule has 2 heterocycles. The molecular formula is C12H15NO6S. The van der Waals surface area contributed by atoms with Crippen LogP contribution in [-0.2, 0) is 14.6 Å². The molecule has 1 fully saturated rings. The molecule has 8 heteroatoms. The van der Waals surface area contributed by atoms with Crippen molar-refractivity contribution in [3.8, 4) is 0 Å². The summed E-state index contributed by atoms with van der Waals surface area (Å²) in [7, 11) is -3.21. The molecule has 0 aromatic carbocycles. The molecule has 0 spiro atoms. The van der Waals surface area contributed by atoms with Crippen molar-refractivity contribution in [3.63, 3.8) is 0 Å². The number of furan rings is 1. The number of sulfone groups is 1. The molecule has 1 unspecified atom stereocenters. The van der Waals surface area contributed by atoms with Gasteiger partial charge in [-0.2, -0.15) is 0 Å². The Balaban J connectivity index is 2.27. The Morgan fingerprint density at radius 3 is 2.65 bits per heavy atom. The Kier molecular flexibility index (Phi) is 3.85. The van der Waals surface area contributed by atoms with E-state index in [1.54, 1.807) is 13.0 Å². The van der Waals surface area contributed by atoms with Crippen LogP contribution < -0.4 is 0 Å². The fourth-order valence-corrected chi connectivity index (χ4v) is 3.99. The number of carbonyl (C=O) groups is 2. The summed E-state index contributed by atoms with van der Waals surface area (Å²) in [5.74, 6) is -1.95. The molecule has 1 atom stereocenters. The number of aliphatic carboxylic acids is 1. The van der Waals surface area contributed by atoms with Crippen LogP contribution in [0.2, 0.25) is 0 Å². The summed E-state index contributed by atoms with van der Waals surface area (Å²) < 4.78 is 28.1. The summed E-state index contributed by atoms with van der Waals surface area (Å²) in [6.45, 7) is 1.13. The monoisotopic (exact) mass is 301 g/mol. The summed E-state index contributed by atoms with van der Waals surface area (Å²) in [6.07, 6.45) is 1.59. The van der Waals surface area contributed by atoms with E-state index in [2.05, 4.69) is 0 Å². The fraction of sp³-hybridized carbons (Fsp3) is 0.500. The van der Waals surface area contributed by atoms with Gasteiger partial charge in [0.05, 0.1) is 17.8 Å². The van der Waals surface area contributed by atoms with Gasteiger partial charge in [0.2, 0.25) is 0 Å². The van der Waals surface area contributed by atoms with Gasteiger partial charge in [-0.15, -0.1) is 0 Å². The van der Waals surface area contributed by atoms with E-state index < -0.39 is 34.3 Å². The van der Waals surface area contributed by atoms with Crippen LogP contribution in [0.4, 0.5) is 0 Å². The van der Waals surface area contributed by atoms with E-state index in [9.17, 15) is 18.0 Å². The maximum Gasteiger partial charge on any atom is 0.323 e. The minimum atomic E-state index is -3.21. The number of hydrogen-bond acceptors (Lipinski definition) is 5. The van der Waals surface area contributed by atoms with Crippen LogP contribution in [-0.4, -0.2) is 54.4 Å². The number of carboxylic acids is 1. The molecular weight excluding hydrogens is 286 g/mol. The smallest absolute Gasteiger partial charge is 0.323 e. The van der Waals surface area contributed by atoms with Gasteiger partial charge in [-0.1, -0.05) is 0 Å². The van der Waals surface area contributed by atoms with Crippen LogP contribution in [0, 0.1) is 6.92 Å². The van der Waals surface area contributed by atoms with Gasteiger partial charge in [0, 0.05) is 11.6 Å². The zero-order chi connectivity index (χ0) is 14.9. The highest BCUT2D eigenvalue weighted by molar-refractivity contribution is 7.91. The lowest BCUT2D eigenvalue weighted by molar-refractivity contribution is -0.138. The van der Waals surface area contributed by atoms with Gasteiger partial charge in [0.25, 0.3) is 5.91 Å². The Labute approximate surface area is 116 Å². The lowest BCUT2D eigenvalue weighted by Crippen LogP contribution is -2.44. The summed E-state index contributed by atoms with van der Waals surface area (Å²) >= 11 is 0. The van der Waals surface area contributed by atoms with Gasteiger partial charge < -0.3 is 14.4 Å². The van der Waals surface area contributed by atoms with Crippen LogP contribution in [0.1, 0.15) is 22.5 Å². The summed E-state index contributed by atoms with van der Waals surface area (Å²) in [5, 5.41) is 8.92. The topological polar surface area (TPSA) is 105 Å². The lowest BCUT2D eigenvalue weighted by Gasteiger charge is -2.25. The van der Waals surface area contributed by atoms with E-state index in [1.807, 2.05) is 0 Å². The highest BCUT2D eigenvalue weighted by Gasteiger charge is 2.37. The van der Waals surface area contributed by atoms with Crippen LogP contribution >= 0.6 is 0 Å². The summed E-state index contributed by atoms with van der Waals surface area (Å²) in [6, 6.07) is 0.977. The molecule has 1 N–H and O–H groups in total. The summed E-state index contributed by atoms with van der Waals surface area (Å²) in [4.78, 5) is 24.3. The van der Waals surface area contributed by atoms with Crippen molar-refractivity contribution in [2.24, 2.45) is 0 Å². The second-order valence-electron chi connectivity index (χ2n) is 4.82. The Hall–Kier alpha value is -1.83. The minimum Gasteiger partial charge on any atom is -0.480 e. The van der Waals surface area contributed by atoms with Gasteiger partial charge in [0.15, 0.2) is 15.6 Å². The first-order chi connectivity index (χ1) is 9.30. The van der Waals surface area contributed by atoms with Crippen LogP contribution in [0.5, 0.6) is 0 Å². The van der Waals surface area contributed by atoms with Gasteiger partial charge in [-0.05, 0) is 19.4 Å². The van der Waals surface area contributed by atoms with E-state index >= 15 is 0 Å². The molecule has 1 aromatic rings. The van der Waals surface area contributed by atoms with E-state index in [0.717, 1.165) is 4.90 Å². The Morgan fingerprint density at radius 2 is 2.20 bits per heavy atom. The van der Waals surface area contributed by atoms with Crippen molar-refractivity contribution in [1.29, 1.82) is 0 Å². The third-order valence-electron chi connectivity index (χ3n) is 3.27. The average Bonchev–Trinajstić information content (AvgIpc) is 2.91. The van der Waals surface area contributed by atoms with E-state index in [0.29, 0.717) is 5.56 Å². The zero-order valence-electron chi connectivity index (χ0n) is 10.9. The first-order valence-electron chi connectivity index (χ1n) is 6.07. The maximum absolute atomic E-state index is 12.3. The molecule has 7 nitrogen and oxygen atoms in total. The predicted molar refractivity (Wildman–Crippen MR) is 69.2 cm³/mol. The molecule has 1 aliphatic heterocycles. The number of aryl methyl sites for hydroxylation is 1. The van der Waals surface area contributed by atoms with E-state index in [-0.39, 0.29) is 23.7 Å². The van der Waals surface area contributed by atoms with Crippen molar-refractivity contribution in [2.45, 2.75) is 19.4 Å². The quantitative estimate of drug-likeness (QED) is 0.857. The molecule has 0 bridgehead atoms. The SMILES string of the molecule is Cc1ccoc1C(=O)N(CC(=O)O)C1CCS(=O)(=O)C1. The fourth-order valence-electron chi connectivity index (χ4n) is 2.26. The number of hydrogen-bond donors (Lipinski definition) is 1. The zero-order valence-corrected chi connectivity index (χ0v) is 11.7. The van der Waals surface area contributed by atoms with Gasteiger partial charge >= 0.3 is 5.97 Å². The molecule has 1 aromatic heterocycles. The van der Waals surface area contributed by atoms with Gasteiger partial charge in [-0.25, -0.2) is 8.42 Å². The highest BCUT2D eigenvalue weighted by Crippen LogP contribution is 2.21. The van der Waals surface area contributed by atoms with Crippen LogP contribution in [0.3, 0.4) is 0 Å². The van der Waals surface area contributed by atoms with Gasteiger partial charge in [-0.3, -0.25) is 9.59 Å². The molecule has 1 aliphatic rings. The van der Waals surface area contributed by atoms with E-state index in [1.165, 1.54) is 6.26 Å². The average molecular weight is 301 g/mol. The number of rotatable bonds is 4. The van der Waals surface area contributed by atoms with Crippen molar-refractivity contribution >= 4 is 21.7 Å². The molecule has 1 amide bonds. The largest absolute Gasteiger partial charge is 0.480 e. The normalized spacial score (nSPS) is 20.8.